The fourth-order valence-corrected chi connectivity index (χ4v) is 2.41. The summed E-state index contributed by atoms with van der Waals surface area (Å²) in [5.41, 5.74) is 1.02. The van der Waals surface area contributed by atoms with Crippen molar-refractivity contribution >= 4 is 15.9 Å². The maximum Gasteiger partial charge on any atom is 0.153 e. The highest BCUT2D eigenvalue weighted by Crippen LogP contribution is 2.25. The molecule has 6 heteroatoms. The highest BCUT2D eigenvalue weighted by molar-refractivity contribution is 9.10. The highest BCUT2D eigenvalue weighted by Gasteiger charge is 2.26. The summed E-state index contributed by atoms with van der Waals surface area (Å²) in [4.78, 5) is 0. The van der Waals surface area contributed by atoms with E-state index in [1.807, 2.05) is 7.05 Å². The summed E-state index contributed by atoms with van der Waals surface area (Å²) in [5.74, 6) is 0. The van der Waals surface area contributed by atoms with Crippen molar-refractivity contribution in [3.05, 3.63) is 10.3 Å². The number of hydrogen-bond acceptors (Lipinski definition) is 4. The molecule has 0 amide bonds. The summed E-state index contributed by atoms with van der Waals surface area (Å²) in [5, 5.41) is 11.4. The van der Waals surface area contributed by atoms with Crippen molar-refractivity contribution in [2.24, 2.45) is 7.05 Å². The van der Waals surface area contributed by atoms with Crippen molar-refractivity contribution < 1.29 is 4.74 Å². The van der Waals surface area contributed by atoms with Crippen molar-refractivity contribution in [3.8, 4) is 0 Å². The molecule has 1 heterocycles. The molecule has 1 rings (SSSR count). The molecule has 92 valence electrons. The summed E-state index contributed by atoms with van der Waals surface area (Å²) in [7, 11) is 3.62. The third kappa shape index (κ3) is 2.81. The average Bonchev–Trinajstić information content (AvgIpc) is 2.59. The molecule has 0 spiro atoms. The number of nitrogens with zero attached hydrogens (tertiary/aromatic N) is 3. The minimum atomic E-state index is 0.106. The molecule has 0 radical (unpaired) electrons. The standard InChI is InChI=1S/C10H19BrN4O/c1-5-7(16-4)8(12-6-2)9-10(11)13-14-15(9)3/h7-8,12H,5-6H2,1-4H3. The Labute approximate surface area is 105 Å². The predicted molar refractivity (Wildman–Crippen MR) is 66.2 cm³/mol. The van der Waals surface area contributed by atoms with E-state index in [-0.39, 0.29) is 12.1 Å². The van der Waals surface area contributed by atoms with Crippen LogP contribution in [0.3, 0.4) is 0 Å². The lowest BCUT2D eigenvalue weighted by atomic mass is 10.1. The summed E-state index contributed by atoms with van der Waals surface area (Å²) < 4.78 is 8.05. The first kappa shape index (κ1) is 13.6. The van der Waals surface area contributed by atoms with Gasteiger partial charge in [0.05, 0.1) is 17.8 Å². The molecule has 0 aromatic carbocycles. The molecular weight excluding hydrogens is 272 g/mol. The summed E-state index contributed by atoms with van der Waals surface area (Å²) in [6.45, 7) is 5.06. The number of likely N-dealkylation sites (N-methyl/N-ethyl adjacent to an activating group) is 1. The monoisotopic (exact) mass is 290 g/mol. The van der Waals surface area contributed by atoms with Gasteiger partial charge in [0, 0.05) is 14.2 Å². The highest BCUT2D eigenvalue weighted by atomic mass is 79.9. The van der Waals surface area contributed by atoms with Crippen LogP contribution in [-0.2, 0) is 11.8 Å². The van der Waals surface area contributed by atoms with Crippen molar-refractivity contribution in [2.45, 2.75) is 32.4 Å². The fourth-order valence-electron chi connectivity index (χ4n) is 1.83. The minimum absolute atomic E-state index is 0.106. The molecule has 16 heavy (non-hydrogen) atoms. The van der Waals surface area contributed by atoms with E-state index in [2.05, 4.69) is 45.4 Å². The van der Waals surface area contributed by atoms with E-state index in [0.717, 1.165) is 23.3 Å². The van der Waals surface area contributed by atoms with Gasteiger partial charge in [0.1, 0.15) is 0 Å². The molecule has 0 aliphatic carbocycles. The number of hydrogen-bond donors (Lipinski definition) is 1. The first-order chi connectivity index (χ1) is 7.65. The van der Waals surface area contributed by atoms with E-state index >= 15 is 0 Å². The van der Waals surface area contributed by atoms with Crippen molar-refractivity contribution in [1.29, 1.82) is 0 Å². The Hall–Kier alpha value is -0.460. The maximum atomic E-state index is 5.50. The lowest BCUT2D eigenvalue weighted by Crippen LogP contribution is -2.34. The Morgan fingerprint density at radius 2 is 2.19 bits per heavy atom. The number of rotatable bonds is 6. The number of aromatic nitrogens is 3. The molecule has 0 saturated heterocycles. The first-order valence-electron chi connectivity index (χ1n) is 5.46. The van der Waals surface area contributed by atoms with Crippen LogP contribution < -0.4 is 5.32 Å². The molecule has 5 nitrogen and oxygen atoms in total. The lowest BCUT2D eigenvalue weighted by molar-refractivity contribution is 0.0628. The molecule has 0 saturated carbocycles. The van der Waals surface area contributed by atoms with Gasteiger partial charge in [-0.05, 0) is 28.9 Å². The Balaban J connectivity index is 3.01. The van der Waals surface area contributed by atoms with Gasteiger partial charge in [-0.25, -0.2) is 4.68 Å². The molecule has 1 aromatic rings. The zero-order valence-electron chi connectivity index (χ0n) is 10.2. The van der Waals surface area contributed by atoms with Crippen molar-refractivity contribution in [1.82, 2.24) is 20.3 Å². The van der Waals surface area contributed by atoms with Gasteiger partial charge in [-0.1, -0.05) is 19.1 Å². The SMILES string of the molecule is CCNC(c1c(Br)nnn1C)C(CC)OC. The van der Waals surface area contributed by atoms with E-state index in [4.69, 9.17) is 4.74 Å². The number of aryl methyl sites for hydroxylation is 1. The topological polar surface area (TPSA) is 52.0 Å². The van der Waals surface area contributed by atoms with E-state index in [9.17, 15) is 0 Å². The van der Waals surface area contributed by atoms with Crippen LogP contribution in [0.25, 0.3) is 0 Å². The Kier molecular flexibility index (Phi) is 5.37. The second-order valence-corrected chi connectivity index (χ2v) is 4.36. The summed E-state index contributed by atoms with van der Waals surface area (Å²) >= 11 is 3.42. The fraction of sp³-hybridized carbons (Fsp3) is 0.800. The lowest BCUT2D eigenvalue weighted by Gasteiger charge is -2.25. The van der Waals surface area contributed by atoms with E-state index in [1.54, 1.807) is 11.8 Å². The average molecular weight is 291 g/mol. The van der Waals surface area contributed by atoms with Gasteiger partial charge < -0.3 is 10.1 Å². The molecular formula is C10H19BrN4O. The molecule has 2 unspecified atom stereocenters. The third-order valence-electron chi connectivity index (χ3n) is 2.62. The Morgan fingerprint density at radius 1 is 1.50 bits per heavy atom. The predicted octanol–water partition coefficient (Wildman–Crippen LogP) is 1.65. The van der Waals surface area contributed by atoms with Gasteiger partial charge in [-0.2, -0.15) is 0 Å². The van der Waals surface area contributed by atoms with E-state index in [0.29, 0.717) is 0 Å². The summed E-state index contributed by atoms with van der Waals surface area (Å²) in [6, 6.07) is 0.106. The van der Waals surface area contributed by atoms with Crippen LogP contribution in [0.5, 0.6) is 0 Å². The summed E-state index contributed by atoms with van der Waals surface area (Å²) in [6.07, 6.45) is 1.06. The second kappa shape index (κ2) is 6.32. The van der Waals surface area contributed by atoms with Gasteiger partial charge in [0.25, 0.3) is 0 Å². The minimum Gasteiger partial charge on any atom is -0.379 e. The van der Waals surface area contributed by atoms with E-state index < -0.39 is 0 Å². The number of nitrogens with one attached hydrogen (secondary N) is 1. The zero-order valence-corrected chi connectivity index (χ0v) is 11.8. The second-order valence-electron chi connectivity index (χ2n) is 3.61. The van der Waals surface area contributed by atoms with Gasteiger partial charge in [-0.15, -0.1) is 5.10 Å². The molecule has 0 fully saturated rings. The molecule has 0 bridgehead atoms. The molecule has 1 N–H and O–H groups in total. The van der Waals surface area contributed by atoms with Gasteiger partial charge in [0.15, 0.2) is 4.60 Å². The molecule has 2 atom stereocenters. The van der Waals surface area contributed by atoms with Crippen molar-refractivity contribution in [3.63, 3.8) is 0 Å². The smallest absolute Gasteiger partial charge is 0.153 e. The Morgan fingerprint density at radius 3 is 2.56 bits per heavy atom. The van der Waals surface area contributed by atoms with Crippen LogP contribution in [0.2, 0.25) is 0 Å². The van der Waals surface area contributed by atoms with Crippen LogP contribution in [0, 0.1) is 0 Å². The van der Waals surface area contributed by atoms with Crippen LogP contribution in [0.1, 0.15) is 32.0 Å². The van der Waals surface area contributed by atoms with Gasteiger partial charge in [-0.3, -0.25) is 0 Å². The maximum absolute atomic E-state index is 5.50. The quantitative estimate of drug-likeness (QED) is 0.866. The Bertz CT molecular complexity index is 305. The number of halogens is 1. The largest absolute Gasteiger partial charge is 0.379 e. The number of methoxy groups -OCH3 is 1. The van der Waals surface area contributed by atoms with Crippen LogP contribution in [0.4, 0.5) is 0 Å². The van der Waals surface area contributed by atoms with Crippen LogP contribution in [0.15, 0.2) is 4.60 Å². The molecule has 1 aromatic heterocycles. The molecule has 0 aliphatic heterocycles. The van der Waals surface area contributed by atoms with Crippen LogP contribution >= 0.6 is 15.9 Å². The van der Waals surface area contributed by atoms with Gasteiger partial charge >= 0.3 is 0 Å². The number of ether oxygens (including phenoxy) is 1. The van der Waals surface area contributed by atoms with Crippen molar-refractivity contribution in [2.75, 3.05) is 13.7 Å². The molecule has 0 aliphatic rings. The van der Waals surface area contributed by atoms with Gasteiger partial charge in [0.2, 0.25) is 0 Å². The first-order valence-corrected chi connectivity index (χ1v) is 6.26. The van der Waals surface area contributed by atoms with Crippen LogP contribution in [-0.4, -0.2) is 34.8 Å². The third-order valence-corrected chi connectivity index (χ3v) is 3.19. The normalized spacial score (nSPS) is 15.1. The zero-order chi connectivity index (χ0) is 12.1. The van der Waals surface area contributed by atoms with E-state index in [1.165, 1.54) is 0 Å².